The zero-order chi connectivity index (χ0) is 19.2. The van der Waals surface area contributed by atoms with Crippen molar-refractivity contribution in [2.24, 2.45) is 0 Å². The lowest BCUT2D eigenvalue weighted by molar-refractivity contribution is -0.137. The molecule has 0 aliphatic rings. The van der Waals surface area contributed by atoms with Gasteiger partial charge in [-0.25, -0.2) is 4.98 Å². The van der Waals surface area contributed by atoms with Crippen LogP contribution in [0, 0.1) is 20.8 Å². The number of rotatable bonds is 2. The van der Waals surface area contributed by atoms with Crippen molar-refractivity contribution in [3.8, 4) is 0 Å². The molecule has 136 valence electrons. The van der Waals surface area contributed by atoms with Crippen molar-refractivity contribution < 1.29 is 18.0 Å². The molecule has 0 atom stereocenters. The predicted molar refractivity (Wildman–Crippen MR) is 93.8 cm³/mol. The second-order valence-electron chi connectivity index (χ2n) is 6.03. The Morgan fingerprint density at radius 2 is 1.81 bits per heavy atom. The molecule has 0 saturated heterocycles. The topological polar surface area (TPSA) is 46.4 Å². The van der Waals surface area contributed by atoms with Crippen LogP contribution in [-0.4, -0.2) is 15.3 Å². The molecule has 2 aromatic heterocycles. The Hall–Kier alpha value is -2.54. The maximum atomic E-state index is 13.1. The van der Waals surface area contributed by atoms with Gasteiger partial charge < -0.3 is 5.32 Å². The maximum absolute atomic E-state index is 13.1. The zero-order valence-electron chi connectivity index (χ0n) is 14.2. The number of halogens is 4. The van der Waals surface area contributed by atoms with Gasteiger partial charge in [0.25, 0.3) is 5.91 Å². The van der Waals surface area contributed by atoms with Gasteiger partial charge in [-0.05, 0) is 38.0 Å². The minimum atomic E-state index is -4.59. The standard InChI is InChI=1S/C18H15ClF3N3O/c1-9-5-4-6-10(2)14(9)24-17(26)15-11(3)23-16-13(19)7-12(8-25(15)16)18(20,21)22/h4-8H,1-3H3,(H,24,26). The summed E-state index contributed by atoms with van der Waals surface area (Å²) >= 11 is 5.95. The molecule has 0 unspecified atom stereocenters. The Bertz CT molecular complexity index is 1000. The first-order valence-corrected chi connectivity index (χ1v) is 8.10. The molecule has 26 heavy (non-hydrogen) atoms. The minimum Gasteiger partial charge on any atom is -0.320 e. The molecule has 4 nitrogen and oxygen atoms in total. The molecule has 1 N–H and O–H groups in total. The Morgan fingerprint density at radius 3 is 2.38 bits per heavy atom. The highest BCUT2D eigenvalue weighted by atomic mass is 35.5. The highest BCUT2D eigenvalue weighted by Gasteiger charge is 2.33. The number of carbonyl (C=O) groups is 1. The Morgan fingerprint density at radius 1 is 1.19 bits per heavy atom. The van der Waals surface area contributed by atoms with Gasteiger partial charge in [-0.1, -0.05) is 29.8 Å². The molecule has 0 aliphatic heterocycles. The smallest absolute Gasteiger partial charge is 0.320 e. The summed E-state index contributed by atoms with van der Waals surface area (Å²) in [5.41, 5.74) is 1.76. The van der Waals surface area contributed by atoms with Crippen LogP contribution in [0.1, 0.15) is 32.9 Å². The van der Waals surface area contributed by atoms with Crippen molar-refractivity contribution in [2.75, 3.05) is 5.32 Å². The first-order valence-electron chi connectivity index (χ1n) is 7.72. The van der Waals surface area contributed by atoms with E-state index in [-0.39, 0.29) is 22.1 Å². The van der Waals surface area contributed by atoms with E-state index in [4.69, 9.17) is 11.6 Å². The number of benzene rings is 1. The van der Waals surface area contributed by atoms with Crippen LogP contribution in [0.15, 0.2) is 30.5 Å². The molecular formula is C18H15ClF3N3O. The van der Waals surface area contributed by atoms with Crippen molar-refractivity contribution >= 4 is 28.8 Å². The van der Waals surface area contributed by atoms with E-state index in [0.717, 1.165) is 27.8 Å². The SMILES string of the molecule is Cc1cccc(C)c1NC(=O)c1c(C)nc2c(Cl)cc(C(F)(F)F)cn12. The van der Waals surface area contributed by atoms with E-state index in [9.17, 15) is 18.0 Å². The highest BCUT2D eigenvalue weighted by Crippen LogP contribution is 2.33. The van der Waals surface area contributed by atoms with Gasteiger partial charge in [0.2, 0.25) is 0 Å². The number of carbonyl (C=O) groups excluding carboxylic acids is 1. The van der Waals surface area contributed by atoms with E-state index >= 15 is 0 Å². The molecule has 0 radical (unpaired) electrons. The van der Waals surface area contributed by atoms with Crippen molar-refractivity contribution in [3.05, 3.63) is 63.6 Å². The Balaban J connectivity index is 2.14. The fourth-order valence-electron chi connectivity index (χ4n) is 2.83. The van der Waals surface area contributed by atoms with E-state index in [1.165, 1.54) is 0 Å². The quantitative estimate of drug-likeness (QED) is 0.664. The number of fused-ring (bicyclic) bond motifs is 1. The largest absolute Gasteiger partial charge is 0.417 e. The molecule has 0 aliphatic carbocycles. The highest BCUT2D eigenvalue weighted by molar-refractivity contribution is 6.33. The van der Waals surface area contributed by atoms with Crippen LogP contribution < -0.4 is 5.32 Å². The van der Waals surface area contributed by atoms with E-state index in [2.05, 4.69) is 10.3 Å². The normalized spacial score (nSPS) is 11.8. The molecule has 3 rings (SSSR count). The van der Waals surface area contributed by atoms with Crippen LogP contribution in [0.5, 0.6) is 0 Å². The van der Waals surface area contributed by atoms with E-state index in [1.807, 2.05) is 32.0 Å². The van der Waals surface area contributed by atoms with Gasteiger partial charge >= 0.3 is 6.18 Å². The fraction of sp³-hybridized carbons (Fsp3) is 0.222. The lowest BCUT2D eigenvalue weighted by Crippen LogP contribution is -2.18. The summed E-state index contributed by atoms with van der Waals surface area (Å²) in [4.78, 5) is 16.9. The van der Waals surface area contributed by atoms with Gasteiger partial charge in [-0.3, -0.25) is 9.20 Å². The number of alkyl halides is 3. The summed E-state index contributed by atoms with van der Waals surface area (Å²) in [6, 6.07) is 6.33. The van der Waals surface area contributed by atoms with Crippen LogP contribution in [0.2, 0.25) is 5.02 Å². The summed E-state index contributed by atoms with van der Waals surface area (Å²) in [6.07, 6.45) is -3.75. The Kier molecular flexibility index (Phi) is 4.44. The molecule has 8 heteroatoms. The second kappa shape index (κ2) is 6.32. The van der Waals surface area contributed by atoms with Crippen molar-refractivity contribution in [1.29, 1.82) is 0 Å². The second-order valence-corrected chi connectivity index (χ2v) is 6.44. The molecule has 0 bridgehead atoms. The van der Waals surface area contributed by atoms with Crippen molar-refractivity contribution in [3.63, 3.8) is 0 Å². The number of aromatic nitrogens is 2. The van der Waals surface area contributed by atoms with Crippen molar-refractivity contribution in [2.45, 2.75) is 26.9 Å². The zero-order valence-corrected chi connectivity index (χ0v) is 15.0. The molecule has 0 saturated carbocycles. The van der Waals surface area contributed by atoms with Crippen LogP contribution in [0.25, 0.3) is 5.65 Å². The monoisotopic (exact) mass is 381 g/mol. The number of amides is 1. The molecular weight excluding hydrogens is 367 g/mol. The van der Waals surface area contributed by atoms with Gasteiger partial charge in [-0.2, -0.15) is 13.2 Å². The van der Waals surface area contributed by atoms with E-state index in [1.54, 1.807) is 6.92 Å². The summed E-state index contributed by atoms with van der Waals surface area (Å²) in [7, 11) is 0. The molecule has 0 fully saturated rings. The maximum Gasteiger partial charge on any atom is 0.417 e. The van der Waals surface area contributed by atoms with Crippen LogP contribution in [0.4, 0.5) is 18.9 Å². The molecule has 1 aromatic carbocycles. The lowest BCUT2D eigenvalue weighted by Gasteiger charge is -2.13. The van der Waals surface area contributed by atoms with E-state index in [0.29, 0.717) is 5.69 Å². The fourth-order valence-corrected chi connectivity index (χ4v) is 3.08. The molecule has 3 aromatic rings. The number of anilines is 1. The number of hydrogen-bond acceptors (Lipinski definition) is 2. The third-order valence-electron chi connectivity index (χ3n) is 4.11. The first-order chi connectivity index (χ1) is 12.1. The molecule has 2 heterocycles. The number of aryl methyl sites for hydroxylation is 3. The van der Waals surface area contributed by atoms with Crippen molar-refractivity contribution in [1.82, 2.24) is 9.38 Å². The molecule has 1 amide bonds. The third-order valence-corrected chi connectivity index (χ3v) is 4.39. The Labute approximate surface area is 152 Å². The number of hydrogen-bond donors (Lipinski definition) is 1. The number of nitrogens with zero attached hydrogens (tertiary/aromatic N) is 2. The number of nitrogens with one attached hydrogen (secondary N) is 1. The summed E-state index contributed by atoms with van der Waals surface area (Å²) in [5.74, 6) is -0.553. The van der Waals surface area contributed by atoms with Gasteiger partial charge in [-0.15, -0.1) is 0 Å². The molecule has 0 spiro atoms. The number of para-hydroxylation sites is 1. The third kappa shape index (κ3) is 3.14. The van der Waals surface area contributed by atoms with Gasteiger partial charge in [0.05, 0.1) is 16.3 Å². The predicted octanol–water partition coefficient (Wildman–Crippen LogP) is 5.18. The average molecular weight is 382 g/mol. The van der Waals surface area contributed by atoms with Crippen LogP contribution >= 0.6 is 11.6 Å². The van der Waals surface area contributed by atoms with Crippen LogP contribution in [0.3, 0.4) is 0 Å². The number of pyridine rings is 1. The van der Waals surface area contributed by atoms with Gasteiger partial charge in [0.1, 0.15) is 5.69 Å². The summed E-state index contributed by atoms with van der Waals surface area (Å²) in [5, 5.41) is 2.60. The summed E-state index contributed by atoms with van der Waals surface area (Å²) < 4.78 is 40.4. The van der Waals surface area contributed by atoms with Crippen LogP contribution in [-0.2, 0) is 6.18 Å². The average Bonchev–Trinajstić information content (AvgIpc) is 2.87. The summed E-state index contributed by atoms with van der Waals surface area (Å²) in [6.45, 7) is 5.22. The first kappa shape index (κ1) is 18.3. The van der Waals surface area contributed by atoms with E-state index < -0.39 is 17.6 Å². The lowest BCUT2D eigenvalue weighted by atomic mass is 10.1. The minimum absolute atomic E-state index is 0.00986. The number of imidazole rings is 1. The van der Waals surface area contributed by atoms with Gasteiger partial charge in [0.15, 0.2) is 5.65 Å². The van der Waals surface area contributed by atoms with Gasteiger partial charge in [0, 0.05) is 11.9 Å².